The first kappa shape index (κ1) is 17.0. The minimum Gasteiger partial charge on any atom is -0.456 e. The molecule has 26 heavy (non-hydrogen) atoms. The molecule has 0 radical (unpaired) electrons. The maximum atomic E-state index is 12.0. The van der Waals surface area contributed by atoms with E-state index in [0.717, 1.165) is 38.7 Å². The van der Waals surface area contributed by atoms with E-state index in [1.165, 1.54) is 11.8 Å². The van der Waals surface area contributed by atoms with Crippen molar-refractivity contribution in [2.24, 2.45) is 0 Å². The van der Waals surface area contributed by atoms with Gasteiger partial charge in [0.05, 0.1) is 5.92 Å². The van der Waals surface area contributed by atoms with E-state index in [4.69, 9.17) is 16.3 Å². The van der Waals surface area contributed by atoms with E-state index in [0.29, 0.717) is 5.02 Å². The van der Waals surface area contributed by atoms with Crippen LogP contribution in [0.1, 0.15) is 17.0 Å². The smallest absolute Gasteiger partial charge is 0.145 e. The minimum absolute atomic E-state index is 0.365. The quantitative estimate of drug-likeness (QED) is 0.507. The van der Waals surface area contributed by atoms with E-state index in [9.17, 15) is 4.79 Å². The van der Waals surface area contributed by atoms with Crippen LogP contribution in [0, 0.1) is 0 Å². The third-order valence-electron chi connectivity index (χ3n) is 4.19. The van der Waals surface area contributed by atoms with Crippen LogP contribution in [0.3, 0.4) is 0 Å². The Labute approximate surface area is 161 Å². The summed E-state index contributed by atoms with van der Waals surface area (Å²) in [6.45, 7) is 0. The molecule has 0 saturated heterocycles. The van der Waals surface area contributed by atoms with Gasteiger partial charge in [-0.2, -0.15) is 0 Å². The number of halogens is 1. The van der Waals surface area contributed by atoms with Crippen LogP contribution in [-0.4, -0.2) is 6.29 Å². The van der Waals surface area contributed by atoms with E-state index in [2.05, 4.69) is 0 Å². The minimum atomic E-state index is -0.365. The summed E-state index contributed by atoms with van der Waals surface area (Å²) in [5, 5.41) is 0.684. The molecule has 2 nitrogen and oxygen atoms in total. The van der Waals surface area contributed by atoms with E-state index in [1.54, 1.807) is 0 Å². The highest BCUT2D eigenvalue weighted by Crippen LogP contribution is 2.48. The molecule has 4 rings (SSSR count). The number of benzene rings is 3. The summed E-state index contributed by atoms with van der Waals surface area (Å²) in [6, 6.07) is 25.2. The maximum Gasteiger partial charge on any atom is 0.145 e. The molecular formula is C22H15ClO2S. The molecule has 4 heteroatoms. The first-order chi connectivity index (χ1) is 12.8. The molecular weight excluding hydrogens is 364 g/mol. The Hall–Kier alpha value is -2.49. The van der Waals surface area contributed by atoms with Crippen molar-refractivity contribution in [1.29, 1.82) is 0 Å². The molecule has 1 aliphatic heterocycles. The standard InChI is InChI=1S/C22H15ClO2S/c23-16-10-12-17(13-11-16)26-22-19(14-24)18-8-4-5-9-20(18)25-21(22)15-6-2-1-3-7-15/h1-14,19H. The fraction of sp³-hybridized carbons (Fsp3) is 0.0455. The van der Waals surface area contributed by atoms with Crippen LogP contribution < -0.4 is 4.74 Å². The summed E-state index contributed by atoms with van der Waals surface area (Å²) in [5.41, 5.74) is 1.84. The highest BCUT2D eigenvalue weighted by Gasteiger charge is 2.30. The molecule has 3 aromatic carbocycles. The third kappa shape index (κ3) is 3.28. The van der Waals surface area contributed by atoms with Crippen molar-refractivity contribution in [3.63, 3.8) is 0 Å². The van der Waals surface area contributed by atoms with Crippen LogP contribution in [0.5, 0.6) is 5.75 Å². The van der Waals surface area contributed by atoms with E-state index in [1.807, 2.05) is 78.9 Å². The molecule has 1 heterocycles. The Morgan fingerprint density at radius 3 is 2.31 bits per heavy atom. The molecule has 128 valence electrons. The summed E-state index contributed by atoms with van der Waals surface area (Å²) < 4.78 is 6.23. The summed E-state index contributed by atoms with van der Waals surface area (Å²) >= 11 is 7.54. The Bertz CT molecular complexity index is 965. The maximum absolute atomic E-state index is 12.0. The van der Waals surface area contributed by atoms with Gasteiger partial charge in [0.25, 0.3) is 0 Å². The molecule has 0 bridgehead atoms. The zero-order valence-corrected chi connectivity index (χ0v) is 15.3. The van der Waals surface area contributed by atoms with Gasteiger partial charge in [0.15, 0.2) is 0 Å². The van der Waals surface area contributed by atoms with Crippen molar-refractivity contribution in [2.45, 2.75) is 10.8 Å². The van der Waals surface area contributed by atoms with Crippen molar-refractivity contribution in [2.75, 3.05) is 0 Å². The molecule has 0 aliphatic carbocycles. The lowest BCUT2D eigenvalue weighted by Gasteiger charge is -2.27. The van der Waals surface area contributed by atoms with Gasteiger partial charge in [-0.05, 0) is 30.3 Å². The van der Waals surface area contributed by atoms with Gasteiger partial charge in [-0.15, -0.1) is 0 Å². The van der Waals surface area contributed by atoms with Gasteiger partial charge < -0.3 is 9.53 Å². The predicted octanol–water partition coefficient (Wildman–Crippen LogP) is 6.18. The number of carbonyl (C=O) groups excluding carboxylic acids is 1. The molecule has 3 aromatic rings. The summed E-state index contributed by atoms with van der Waals surface area (Å²) in [6.07, 6.45) is 0.989. The fourth-order valence-corrected chi connectivity index (χ4v) is 4.15. The molecule has 0 amide bonds. The van der Waals surface area contributed by atoms with E-state index in [-0.39, 0.29) is 5.92 Å². The van der Waals surface area contributed by atoms with Crippen molar-refractivity contribution in [3.05, 3.63) is 99.9 Å². The van der Waals surface area contributed by atoms with Crippen molar-refractivity contribution in [3.8, 4) is 5.75 Å². The van der Waals surface area contributed by atoms with Gasteiger partial charge in [0, 0.05) is 26.0 Å². The number of hydrogen-bond donors (Lipinski definition) is 0. The zero-order chi connectivity index (χ0) is 17.9. The second-order valence-corrected chi connectivity index (χ2v) is 7.42. The first-order valence-electron chi connectivity index (χ1n) is 8.21. The molecule has 0 spiro atoms. The average Bonchev–Trinajstić information content (AvgIpc) is 2.70. The number of rotatable bonds is 4. The summed E-state index contributed by atoms with van der Waals surface area (Å²) in [7, 11) is 0. The van der Waals surface area contributed by atoms with Gasteiger partial charge in [-0.25, -0.2) is 0 Å². The Kier molecular flexibility index (Phi) is 4.83. The number of hydrogen-bond acceptors (Lipinski definition) is 3. The fourth-order valence-electron chi connectivity index (χ4n) is 2.94. The van der Waals surface area contributed by atoms with E-state index < -0.39 is 0 Å². The number of carbonyl (C=O) groups is 1. The Morgan fingerprint density at radius 2 is 1.58 bits per heavy atom. The molecule has 0 saturated carbocycles. The van der Waals surface area contributed by atoms with Crippen LogP contribution >= 0.6 is 23.4 Å². The van der Waals surface area contributed by atoms with Gasteiger partial charge in [-0.3, -0.25) is 0 Å². The topological polar surface area (TPSA) is 26.3 Å². The highest BCUT2D eigenvalue weighted by atomic mass is 35.5. The third-order valence-corrected chi connectivity index (χ3v) is 5.60. The largest absolute Gasteiger partial charge is 0.456 e. The second kappa shape index (κ2) is 7.40. The van der Waals surface area contributed by atoms with Gasteiger partial charge in [0.2, 0.25) is 0 Å². The first-order valence-corrected chi connectivity index (χ1v) is 9.41. The van der Waals surface area contributed by atoms with Crippen LogP contribution in [0.15, 0.2) is 88.7 Å². The van der Waals surface area contributed by atoms with Gasteiger partial charge in [0.1, 0.15) is 17.8 Å². The zero-order valence-electron chi connectivity index (χ0n) is 13.8. The van der Waals surface area contributed by atoms with Crippen molar-refractivity contribution in [1.82, 2.24) is 0 Å². The number of ether oxygens (including phenoxy) is 1. The Morgan fingerprint density at radius 1 is 0.885 bits per heavy atom. The number of fused-ring (bicyclic) bond motifs is 1. The lowest BCUT2D eigenvalue weighted by molar-refractivity contribution is -0.108. The number of para-hydroxylation sites is 1. The average molecular weight is 379 g/mol. The number of allylic oxidation sites excluding steroid dienone is 1. The van der Waals surface area contributed by atoms with Crippen LogP contribution in [0.4, 0.5) is 0 Å². The normalized spacial score (nSPS) is 16.0. The van der Waals surface area contributed by atoms with E-state index >= 15 is 0 Å². The molecule has 1 unspecified atom stereocenters. The lowest BCUT2D eigenvalue weighted by atomic mass is 9.95. The van der Waals surface area contributed by atoms with Gasteiger partial charge >= 0.3 is 0 Å². The number of aldehydes is 1. The van der Waals surface area contributed by atoms with Gasteiger partial charge in [-0.1, -0.05) is 71.9 Å². The summed E-state index contributed by atoms with van der Waals surface area (Å²) in [4.78, 5) is 13.9. The van der Waals surface area contributed by atoms with Crippen LogP contribution in [0.25, 0.3) is 5.76 Å². The van der Waals surface area contributed by atoms with Crippen LogP contribution in [0.2, 0.25) is 5.02 Å². The molecule has 0 fully saturated rings. The highest BCUT2D eigenvalue weighted by molar-refractivity contribution is 8.03. The predicted molar refractivity (Wildman–Crippen MR) is 107 cm³/mol. The summed E-state index contributed by atoms with van der Waals surface area (Å²) in [5.74, 6) is 1.08. The van der Waals surface area contributed by atoms with Crippen LogP contribution in [-0.2, 0) is 4.79 Å². The molecule has 0 N–H and O–H groups in total. The Balaban J connectivity index is 1.85. The molecule has 1 aliphatic rings. The SMILES string of the molecule is O=CC1C(Sc2ccc(Cl)cc2)=C(c2ccccc2)Oc2ccccc21. The molecule has 0 aromatic heterocycles. The monoisotopic (exact) mass is 378 g/mol. The number of thioether (sulfide) groups is 1. The second-order valence-electron chi connectivity index (χ2n) is 5.87. The molecule has 1 atom stereocenters. The van der Waals surface area contributed by atoms with Crippen molar-refractivity contribution >= 4 is 35.4 Å². The lowest BCUT2D eigenvalue weighted by Crippen LogP contribution is -2.14. The van der Waals surface area contributed by atoms with Crippen molar-refractivity contribution < 1.29 is 9.53 Å².